The maximum absolute atomic E-state index is 12.7. The second-order valence-corrected chi connectivity index (χ2v) is 6.68. The summed E-state index contributed by atoms with van der Waals surface area (Å²) in [7, 11) is 0. The molecule has 0 spiro atoms. The molecule has 25 heavy (non-hydrogen) atoms. The summed E-state index contributed by atoms with van der Waals surface area (Å²) in [5, 5.41) is 16.5. The van der Waals surface area contributed by atoms with E-state index < -0.39 is 0 Å². The molecule has 3 N–H and O–H groups in total. The molecule has 0 unspecified atom stereocenters. The van der Waals surface area contributed by atoms with E-state index in [1.54, 1.807) is 32.0 Å². The maximum atomic E-state index is 12.7. The minimum Gasteiger partial charge on any atom is -0.505 e. The predicted octanol–water partition coefficient (Wildman–Crippen LogP) is 2.64. The SMILES string of the molecule is CCN1C(=O)C(Nc2cccc(C)c2O)=C(NC2CCCCC2)C1=O. The molecule has 0 bridgehead atoms. The summed E-state index contributed by atoms with van der Waals surface area (Å²) in [5.74, 6) is -0.568. The fraction of sp³-hybridized carbons (Fsp3) is 0.474. The van der Waals surface area contributed by atoms with E-state index in [0.717, 1.165) is 25.7 Å². The van der Waals surface area contributed by atoms with E-state index in [9.17, 15) is 14.7 Å². The zero-order chi connectivity index (χ0) is 18.0. The average molecular weight is 343 g/mol. The van der Waals surface area contributed by atoms with Crippen molar-refractivity contribution < 1.29 is 14.7 Å². The number of nitrogens with zero attached hydrogens (tertiary/aromatic N) is 1. The van der Waals surface area contributed by atoms with Crippen molar-refractivity contribution in [1.82, 2.24) is 10.2 Å². The Bertz CT molecular complexity index is 721. The lowest BCUT2D eigenvalue weighted by Gasteiger charge is -2.24. The molecular formula is C19H25N3O3. The van der Waals surface area contributed by atoms with Crippen LogP contribution in [0, 0.1) is 6.92 Å². The van der Waals surface area contributed by atoms with Gasteiger partial charge in [0.05, 0.1) is 5.69 Å². The van der Waals surface area contributed by atoms with Crippen LogP contribution >= 0.6 is 0 Å². The van der Waals surface area contributed by atoms with Gasteiger partial charge in [-0.2, -0.15) is 0 Å². The van der Waals surface area contributed by atoms with Crippen molar-refractivity contribution in [3.05, 3.63) is 35.2 Å². The second kappa shape index (κ2) is 7.17. The Morgan fingerprint density at radius 3 is 2.48 bits per heavy atom. The van der Waals surface area contributed by atoms with Crippen molar-refractivity contribution >= 4 is 17.5 Å². The number of rotatable bonds is 5. The molecule has 2 aliphatic rings. The van der Waals surface area contributed by atoms with Crippen molar-refractivity contribution in [3.8, 4) is 5.75 Å². The van der Waals surface area contributed by atoms with Gasteiger partial charge in [-0.15, -0.1) is 0 Å². The van der Waals surface area contributed by atoms with Crippen LogP contribution in [0.4, 0.5) is 5.69 Å². The van der Waals surface area contributed by atoms with Gasteiger partial charge in [-0.25, -0.2) is 0 Å². The van der Waals surface area contributed by atoms with Crippen molar-refractivity contribution in [1.29, 1.82) is 0 Å². The minimum atomic E-state index is -0.355. The quantitative estimate of drug-likeness (QED) is 0.566. The number of aryl methyl sites for hydroxylation is 1. The number of benzene rings is 1. The molecule has 2 amide bonds. The molecule has 6 nitrogen and oxygen atoms in total. The van der Waals surface area contributed by atoms with Crippen LogP contribution in [0.2, 0.25) is 0 Å². The van der Waals surface area contributed by atoms with Gasteiger partial charge in [0.15, 0.2) is 0 Å². The molecule has 0 saturated heterocycles. The molecular weight excluding hydrogens is 318 g/mol. The number of aromatic hydroxyl groups is 1. The number of phenolic OH excluding ortho intramolecular Hbond substituents is 1. The van der Waals surface area contributed by atoms with Crippen LogP contribution in [0.25, 0.3) is 0 Å². The van der Waals surface area contributed by atoms with Crippen molar-refractivity contribution in [2.75, 3.05) is 11.9 Å². The lowest BCUT2D eigenvalue weighted by molar-refractivity contribution is -0.137. The second-order valence-electron chi connectivity index (χ2n) is 6.68. The zero-order valence-electron chi connectivity index (χ0n) is 14.8. The Labute approximate surface area is 147 Å². The van der Waals surface area contributed by atoms with Gasteiger partial charge in [0.1, 0.15) is 17.1 Å². The monoisotopic (exact) mass is 343 g/mol. The first-order chi connectivity index (χ1) is 12.0. The Balaban J connectivity index is 1.92. The van der Waals surface area contributed by atoms with Crippen LogP contribution < -0.4 is 10.6 Å². The molecule has 134 valence electrons. The first-order valence-electron chi connectivity index (χ1n) is 8.95. The predicted molar refractivity (Wildman–Crippen MR) is 95.9 cm³/mol. The van der Waals surface area contributed by atoms with Crippen LogP contribution in [0.3, 0.4) is 0 Å². The normalized spacial score (nSPS) is 18.9. The van der Waals surface area contributed by atoms with Gasteiger partial charge in [-0.05, 0) is 38.3 Å². The van der Waals surface area contributed by atoms with E-state index in [-0.39, 0.29) is 29.3 Å². The van der Waals surface area contributed by atoms with Crippen molar-refractivity contribution in [2.45, 2.75) is 52.0 Å². The number of hydrogen-bond donors (Lipinski definition) is 3. The highest BCUT2D eigenvalue weighted by molar-refractivity contribution is 6.20. The lowest BCUT2D eigenvalue weighted by atomic mass is 9.95. The third-order valence-corrected chi connectivity index (χ3v) is 4.94. The van der Waals surface area contributed by atoms with Crippen molar-refractivity contribution in [2.24, 2.45) is 0 Å². The van der Waals surface area contributed by atoms with Gasteiger partial charge >= 0.3 is 0 Å². The van der Waals surface area contributed by atoms with E-state index in [0.29, 0.717) is 23.5 Å². The number of anilines is 1. The topological polar surface area (TPSA) is 81.7 Å². The fourth-order valence-electron chi connectivity index (χ4n) is 3.46. The molecule has 1 heterocycles. The zero-order valence-corrected chi connectivity index (χ0v) is 14.8. The Morgan fingerprint density at radius 1 is 1.12 bits per heavy atom. The summed E-state index contributed by atoms with van der Waals surface area (Å²) in [6, 6.07) is 5.49. The molecule has 1 aromatic rings. The first-order valence-corrected chi connectivity index (χ1v) is 8.95. The molecule has 0 radical (unpaired) electrons. The molecule has 0 atom stereocenters. The van der Waals surface area contributed by atoms with E-state index in [4.69, 9.17) is 0 Å². The minimum absolute atomic E-state index is 0.0854. The van der Waals surface area contributed by atoms with Crippen molar-refractivity contribution in [3.63, 3.8) is 0 Å². The molecule has 1 aromatic carbocycles. The average Bonchev–Trinajstić information content (AvgIpc) is 2.83. The number of carbonyl (C=O) groups excluding carboxylic acids is 2. The van der Waals surface area contributed by atoms with Crippen LogP contribution in [0.15, 0.2) is 29.6 Å². The van der Waals surface area contributed by atoms with Gasteiger partial charge in [-0.3, -0.25) is 14.5 Å². The number of carbonyl (C=O) groups is 2. The Morgan fingerprint density at radius 2 is 1.80 bits per heavy atom. The van der Waals surface area contributed by atoms with E-state index in [2.05, 4.69) is 10.6 Å². The number of imide groups is 1. The van der Waals surface area contributed by atoms with Crippen LogP contribution in [-0.4, -0.2) is 34.4 Å². The first kappa shape index (κ1) is 17.3. The van der Waals surface area contributed by atoms with Gasteiger partial charge < -0.3 is 15.7 Å². The standard InChI is InChI=1S/C19H25N3O3/c1-3-22-18(24)15(20-13-9-5-4-6-10-13)16(19(22)25)21-14-11-7-8-12(2)17(14)23/h7-8,11,13,20-21,23H,3-6,9-10H2,1-2H3. The number of phenols is 1. The molecule has 6 heteroatoms. The van der Waals surface area contributed by atoms with E-state index in [1.165, 1.54) is 11.3 Å². The largest absolute Gasteiger partial charge is 0.505 e. The molecule has 1 fully saturated rings. The highest BCUT2D eigenvalue weighted by Crippen LogP contribution is 2.31. The lowest BCUT2D eigenvalue weighted by Crippen LogP contribution is -2.37. The molecule has 1 aliphatic heterocycles. The van der Waals surface area contributed by atoms with E-state index in [1.807, 2.05) is 0 Å². The van der Waals surface area contributed by atoms with Crippen LogP contribution in [0.1, 0.15) is 44.6 Å². The van der Waals surface area contributed by atoms with Crippen LogP contribution in [-0.2, 0) is 9.59 Å². The van der Waals surface area contributed by atoms with Gasteiger partial charge in [0.25, 0.3) is 11.8 Å². The van der Waals surface area contributed by atoms with E-state index >= 15 is 0 Å². The maximum Gasteiger partial charge on any atom is 0.279 e. The van der Waals surface area contributed by atoms with Gasteiger partial charge in [0.2, 0.25) is 0 Å². The summed E-state index contributed by atoms with van der Waals surface area (Å²) in [6.45, 7) is 3.88. The van der Waals surface area contributed by atoms with Crippen LogP contribution in [0.5, 0.6) is 5.75 Å². The Kier molecular flexibility index (Phi) is 4.97. The molecule has 1 aliphatic carbocycles. The number of hydrogen-bond acceptors (Lipinski definition) is 5. The van der Waals surface area contributed by atoms with Gasteiger partial charge in [-0.1, -0.05) is 31.4 Å². The fourth-order valence-corrected chi connectivity index (χ4v) is 3.46. The third kappa shape index (κ3) is 3.34. The third-order valence-electron chi connectivity index (χ3n) is 4.94. The highest BCUT2D eigenvalue weighted by atomic mass is 16.3. The smallest absolute Gasteiger partial charge is 0.279 e. The summed E-state index contributed by atoms with van der Waals surface area (Å²) >= 11 is 0. The highest BCUT2D eigenvalue weighted by Gasteiger charge is 2.39. The molecule has 0 aromatic heterocycles. The van der Waals surface area contributed by atoms with Gasteiger partial charge in [0, 0.05) is 12.6 Å². The summed E-state index contributed by atoms with van der Waals surface area (Å²) < 4.78 is 0. The summed E-state index contributed by atoms with van der Waals surface area (Å²) in [4.78, 5) is 26.5. The molecule has 1 saturated carbocycles. The Hall–Kier alpha value is -2.50. The summed E-state index contributed by atoms with van der Waals surface area (Å²) in [5.41, 5.74) is 1.67. The number of nitrogens with one attached hydrogen (secondary N) is 2. The number of amides is 2. The summed E-state index contributed by atoms with van der Waals surface area (Å²) in [6.07, 6.45) is 5.48. The number of para-hydroxylation sites is 1. The number of likely N-dealkylation sites (N-methyl/N-ethyl adjacent to an activating group) is 1. The molecule has 3 rings (SSSR count).